The summed E-state index contributed by atoms with van der Waals surface area (Å²) in [5, 5.41) is 5.20. The van der Waals surface area contributed by atoms with Crippen molar-refractivity contribution in [1.29, 1.82) is 0 Å². The first-order valence-corrected chi connectivity index (χ1v) is 6.59. The number of nitrogen functional groups attached to an aromatic ring is 1. The molecule has 0 spiro atoms. The Labute approximate surface area is 119 Å². The van der Waals surface area contributed by atoms with Crippen molar-refractivity contribution in [3.63, 3.8) is 0 Å². The summed E-state index contributed by atoms with van der Waals surface area (Å²) in [6, 6.07) is 16.8. The van der Waals surface area contributed by atoms with E-state index in [4.69, 9.17) is 5.73 Å². The van der Waals surface area contributed by atoms with Crippen LogP contribution in [0.25, 0.3) is 27.8 Å². The van der Waals surface area contributed by atoms with E-state index in [1.165, 1.54) is 0 Å². The molecule has 0 saturated carbocycles. The van der Waals surface area contributed by atoms with E-state index < -0.39 is 0 Å². The van der Waals surface area contributed by atoms with Crippen molar-refractivity contribution < 1.29 is 0 Å². The summed E-state index contributed by atoms with van der Waals surface area (Å²) in [5.41, 5.74) is 9.52. The van der Waals surface area contributed by atoms with Gasteiger partial charge in [-0.2, -0.15) is 5.10 Å². The molecular weight excluding hydrogens is 264 g/mol. The second-order valence-corrected chi connectivity index (χ2v) is 4.92. The van der Waals surface area contributed by atoms with Gasteiger partial charge in [-0.15, -0.1) is 0 Å². The van der Waals surface area contributed by atoms with Gasteiger partial charge in [0.2, 0.25) is 0 Å². The summed E-state index contributed by atoms with van der Waals surface area (Å²) in [6.45, 7) is 0. The second kappa shape index (κ2) is 4.21. The summed E-state index contributed by atoms with van der Waals surface area (Å²) in [4.78, 5) is 14.9. The standard InChI is InChI=1S/C16H12N4O/c17-11-5-3-4-10(8-11)13-9-15-18-16(21)12-6-1-2-7-14(12)20(15)19-13/h1-9H,17H2,(H,18,21). The van der Waals surface area contributed by atoms with E-state index in [-0.39, 0.29) is 5.56 Å². The average Bonchev–Trinajstić information content (AvgIpc) is 2.92. The van der Waals surface area contributed by atoms with Gasteiger partial charge in [0.25, 0.3) is 5.56 Å². The van der Waals surface area contributed by atoms with Crippen molar-refractivity contribution in [3.8, 4) is 11.3 Å². The number of nitrogens with one attached hydrogen (secondary N) is 1. The van der Waals surface area contributed by atoms with Crippen LogP contribution >= 0.6 is 0 Å². The van der Waals surface area contributed by atoms with Crippen molar-refractivity contribution in [2.45, 2.75) is 0 Å². The SMILES string of the molecule is Nc1cccc(-c2cc3[nH]c(=O)c4ccccc4n3n2)c1. The largest absolute Gasteiger partial charge is 0.399 e. The van der Waals surface area contributed by atoms with Crippen molar-refractivity contribution in [1.82, 2.24) is 14.6 Å². The Bertz CT molecular complexity index is 1030. The van der Waals surface area contributed by atoms with Crippen LogP contribution in [-0.2, 0) is 0 Å². The topological polar surface area (TPSA) is 76.2 Å². The van der Waals surface area contributed by atoms with E-state index in [1.54, 1.807) is 10.6 Å². The first-order chi connectivity index (χ1) is 10.2. The maximum absolute atomic E-state index is 12.1. The Kier molecular flexibility index (Phi) is 2.35. The minimum absolute atomic E-state index is 0.114. The Morgan fingerprint density at radius 3 is 2.76 bits per heavy atom. The molecule has 5 nitrogen and oxygen atoms in total. The van der Waals surface area contributed by atoms with Crippen LogP contribution in [0.15, 0.2) is 59.4 Å². The molecule has 3 N–H and O–H groups in total. The Hall–Kier alpha value is -3.08. The Balaban J connectivity index is 2.07. The van der Waals surface area contributed by atoms with Crippen LogP contribution in [-0.4, -0.2) is 14.6 Å². The zero-order valence-corrected chi connectivity index (χ0v) is 11.1. The number of hydrogen-bond donors (Lipinski definition) is 2. The van der Waals surface area contributed by atoms with Gasteiger partial charge >= 0.3 is 0 Å². The molecule has 4 aromatic rings. The Morgan fingerprint density at radius 1 is 1.05 bits per heavy atom. The Morgan fingerprint density at radius 2 is 1.90 bits per heavy atom. The van der Waals surface area contributed by atoms with Gasteiger partial charge in [-0.05, 0) is 24.3 Å². The molecule has 2 aromatic heterocycles. The minimum atomic E-state index is -0.114. The number of hydrogen-bond acceptors (Lipinski definition) is 3. The molecule has 0 unspecified atom stereocenters. The number of fused-ring (bicyclic) bond motifs is 3. The summed E-state index contributed by atoms with van der Waals surface area (Å²) in [5.74, 6) is 0. The monoisotopic (exact) mass is 276 g/mol. The normalized spacial score (nSPS) is 11.2. The zero-order chi connectivity index (χ0) is 14.4. The highest BCUT2D eigenvalue weighted by Crippen LogP contribution is 2.22. The number of aromatic amines is 1. The molecule has 0 fully saturated rings. The maximum atomic E-state index is 12.1. The van der Waals surface area contributed by atoms with Gasteiger partial charge in [0.15, 0.2) is 0 Å². The van der Waals surface area contributed by atoms with E-state index in [0.717, 1.165) is 16.8 Å². The van der Waals surface area contributed by atoms with E-state index in [9.17, 15) is 4.79 Å². The lowest BCUT2D eigenvalue weighted by molar-refractivity contribution is 0.981. The summed E-state index contributed by atoms with van der Waals surface area (Å²) < 4.78 is 1.75. The number of anilines is 1. The van der Waals surface area contributed by atoms with Crippen LogP contribution in [0.3, 0.4) is 0 Å². The fraction of sp³-hybridized carbons (Fsp3) is 0. The predicted molar refractivity (Wildman–Crippen MR) is 83.2 cm³/mol. The molecule has 0 bridgehead atoms. The molecule has 5 heteroatoms. The maximum Gasteiger partial charge on any atom is 0.259 e. The zero-order valence-electron chi connectivity index (χ0n) is 11.1. The van der Waals surface area contributed by atoms with Crippen LogP contribution in [0.1, 0.15) is 0 Å². The summed E-state index contributed by atoms with van der Waals surface area (Å²) in [7, 11) is 0. The van der Waals surface area contributed by atoms with Gasteiger partial charge in [-0.1, -0.05) is 24.3 Å². The molecule has 0 aliphatic rings. The molecule has 2 heterocycles. The van der Waals surface area contributed by atoms with Crippen LogP contribution in [0.2, 0.25) is 0 Å². The van der Waals surface area contributed by atoms with Gasteiger partial charge < -0.3 is 10.7 Å². The fourth-order valence-electron chi connectivity index (χ4n) is 2.53. The van der Waals surface area contributed by atoms with Gasteiger partial charge in [0.05, 0.1) is 16.6 Å². The molecule has 4 rings (SSSR count). The summed E-state index contributed by atoms with van der Waals surface area (Å²) >= 11 is 0. The molecule has 0 radical (unpaired) electrons. The van der Waals surface area contributed by atoms with Crippen LogP contribution < -0.4 is 11.3 Å². The molecule has 21 heavy (non-hydrogen) atoms. The van der Waals surface area contributed by atoms with Gasteiger partial charge in [-0.3, -0.25) is 4.79 Å². The molecule has 0 atom stereocenters. The third-order valence-electron chi connectivity index (χ3n) is 3.51. The van der Waals surface area contributed by atoms with E-state index in [2.05, 4.69) is 10.1 Å². The van der Waals surface area contributed by atoms with Crippen molar-refractivity contribution >= 4 is 22.2 Å². The van der Waals surface area contributed by atoms with Crippen molar-refractivity contribution in [2.24, 2.45) is 0 Å². The van der Waals surface area contributed by atoms with E-state index >= 15 is 0 Å². The van der Waals surface area contributed by atoms with Gasteiger partial charge in [-0.25, -0.2) is 4.52 Å². The molecule has 0 saturated heterocycles. The van der Waals surface area contributed by atoms with Crippen LogP contribution in [0, 0.1) is 0 Å². The lowest BCUT2D eigenvalue weighted by atomic mass is 10.1. The lowest BCUT2D eigenvalue weighted by Gasteiger charge is -2.00. The third kappa shape index (κ3) is 1.79. The quantitative estimate of drug-likeness (QED) is 0.524. The third-order valence-corrected chi connectivity index (χ3v) is 3.51. The molecule has 2 aromatic carbocycles. The van der Waals surface area contributed by atoms with Gasteiger partial charge in [0, 0.05) is 17.3 Å². The van der Waals surface area contributed by atoms with Gasteiger partial charge in [0.1, 0.15) is 5.65 Å². The smallest absolute Gasteiger partial charge is 0.259 e. The highest BCUT2D eigenvalue weighted by atomic mass is 16.1. The van der Waals surface area contributed by atoms with Crippen molar-refractivity contribution in [2.75, 3.05) is 5.73 Å². The molecule has 0 amide bonds. The first kappa shape index (κ1) is 11.7. The average molecular weight is 276 g/mol. The predicted octanol–water partition coefficient (Wildman–Crippen LogP) is 2.42. The summed E-state index contributed by atoms with van der Waals surface area (Å²) in [6.07, 6.45) is 0. The molecule has 0 aliphatic carbocycles. The first-order valence-electron chi connectivity index (χ1n) is 6.59. The van der Waals surface area contributed by atoms with Crippen molar-refractivity contribution in [3.05, 3.63) is 65.0 Å². The number of benzene rings is 2. The van der Waals surface area contributed by atoms with Crippen LogP contribution in [0.4, 0.5) is 5.69 Å². The second-order valence-electron chi connectivity index (χ2n) is 4.92. The van der Waals surface area contributed by atoms with Crippen LogP contribution in [0.5, 0.6) is 0 Å². The number of aromatic nitrogens is 3. The lowest BCUT2D eigenvalue weighted by Crippen LogP contribution is -2.09. The molecule has 102 valence electrons. The number of para-hydroxylation sites is 1. The highest BCUT2D eigenvalue weighted by Gasteiger charge is 2.09. The molecule has 0 aliphatic heterocycles. The highest BCUT2D eigenvalue weighted by molar-refractivity contribution is 5.81. The number of H-pyrrole nitrogens is 1. The fourth-order valence-corrected chi connectivity index (χ4v) is 2.53. The molecular formula is C16H12N4O. The minimum Gasteiger partial charge on any atom is -0.399 e. The number of nitrogens with two attached hydrogens (primary N) is 1. The van der Waals surface area contributed by atoms with E-state index in [1.807, 2.05) is 48.5 Å². The number of rotatable bonds is 1. The van der Waals surface area contributed by atoms with E-state index in [0.29, 0.717) is 16.7 Å². The number of nitrogens with zero attached hydrogens (tertiary/aromatic N) is 2.